The molecule has 0 radical (unpaired) electrons. The Morgan fingerprint density at radius 2 is 1.74 bits per heavy atom. The summed E-state index contributed by atoms with van der Waals surface area (Å²) >= 11 is 0. The highest BCUT2D eigenvalue weighted by Crippen LogP contribution is 2.30. The molecule has 0 bridgehead atoms. The molecule has 1 aliphatic carbocycles. The fourth-order valence-corrected chi connectivity index (χ4v) is 3.27. The van der Waals surface area contributed by atoms with Gasteiger partial charge in [-0.25, -0.2) is 0 Å². The molecular formula is C16H23NO2. The van der Waals surface area contributed by atoms with Crippen molar-refractivity contribution in [2.24, 2.45) is 11.8 Å². The average Bonchev–Trinajstić information content (AvgIpc) is 2.35. The molecule has 3 atom stereocenters. The molecule has 19 heavy (non-hydrogen) atoms. The van der Waals surface area contributed by atoms with E-state index in [1.807, 2.05) is 30.3 Å². The third-order valence-corrected chi connectivity index (χ3v) is 3.96. The van der Waals surface area contributed by atoms with Crippen molar-refractivity contribution in [2.45, 2.75) is 45.2 Å². The van der Waals surface area contributed by atoms with Gasteiger partial charge in [0.05, 0.1) is 0 Å². The van der Waals surface area contributed by atoms with Gasteiger partial charge in [0.1, 0.15) is 6.04 Å². The largest absolute Gasteiger partial charge is 0.480 e. The summed E-state index contributed by atoms with van der Waals surface area (Å²) in [7, 11) is 0. The van der Waals surface area contributed by atoms with E-state index in [1.165, 1.54) is 6.42 Å². The third kappa shape index (κ3) is 3.80. The predicted molar refractivity (Wildman–Crippen MR) is 75.9 cm³/mol. The van der Waals surface area contributed by atoms with Crippen LogP contribution in [0.1, 0.15) is 44.7 Å². The van der Waals surface area contributed by atoms with Crippen molar-refractivity contribution in [3.05, 3.63) is 35.9 Å². The molecule has 0 spiro atoms. The van der Waals surface area contributed by atoms with Crippen LogP contribution in [0.15, 0.2) is 30.3 Å². The Balaban J connectivity index is 2.07. The van der Waals surface area contributed by atoms with Crippen LogP contribution >= 0.6 is 0 Å². The van der Waals surface area contributed by atoms with E-state index in [1.54, 1.807) is 0 Å². The third-order valence-electron chi connectivity index (χ3n) is 3.96. The molecule has 2 N–H and O–H groups in total. The second-order valence-corrected chi connectivity index (χ2v) is 5.96. The molecular weight excluding hydrogens is 238 g/mol. The minimum Gasteiger partial charge on any atom is -0.480 e. The molecule has 1 aliphatic rings. The first-order valence-electron chi connectivity index (χ1n) is 7.10. The van der Waals surface area contributed by atoms with Gasteiger partial charge in [-0.1, -0.05) is 44.2 Å². The van der Waals surface area contributed by atoms with Crippen LogP contribution in [0, 0.1) is 11.8 Å². The van der Waals surface area contributed by atoms with Gasteiger partial charge in [0.25, 0.3) is 0 Å². The highest BCUT2D eigenvalue weighted by molar-refractivity contribution is 5.75. The maximum absolute atomic E-state index is 11.5. The van der Waals surface area contributed by atoms with Gasteiger partial charge in [0, 0.05) is 6.04 Å². The van der Waals surface area contributed by atoms with Gasteiger partial charge in [0.15, 0.2) is 0 Å². The Bertz CT molecular complexity index is 408. The first kappa shape index (κ1) is 14.1. The number of nitrogens with one attached hydrogen (secondary N) is 1. The zero-order chi connectivity index (χ0) is 13.8. The molecule has 1 aromatic carbocycles. The molecule has 0 aliphatic heterocycles. The highest BCUT2D eigenvalue weighted by atomic mass is 16.4. The lowest BCUT2D eigenvalue weighted by Crippen LogP contribution is -2.41. The lowest BCUT2D eigenvalue weighted by atomic mass is 9.80. The van der Waals surface area contributed by atoms with Crippen LogP contribution in [0.5, 0.6) is 0 Å². The normalized spacial score (nSPS) is 28.8. The average molecular weight is 261 g/mol. The van der Waals surface area contributed by atoms with Gasteiger partial charge in [-0.05, 0) is 36.7 Å². The topological polar surface area (TPSA) is 49.3 Å². The van der Waals surface area contributed by atoms with Gasteiger partial charge in [-0.2, -0.15) is 0 Å². The van der Waals surface area contributed by atoms with Gasteiger partial charge in [-0.15, -0.1) is 0 Å². The Labute approximate surface area is 115 Å². The summed E-state index contributed by atoms with van der Waals surface area (Å²) < 4.78 is 0. The van der Waals surface area contributed by atoms with Crippen LogP contribution in [0.25, 0.3) is 0 Å². The van der Waals surface area contributed by atoms with E-state index in [-0.39, 0.29) is 0 Å². The van der Waals surface area contributed by atoms with E-state index in [9.17, 15) is 9.90 Å². The van der Waals surface area contributed by atoms with Crippen LogP contribution in [-0.4, -0.2) is 17.1 Å². The quantitative estimate of drug-likeness (QED) is 0.875. The van der Waals surface area contributed by atoms with Crippen LogP contribution in [0.3, 0.4) is 0 Å². The number of aliphatic carboxylic acids is 1. The van der Waals surface area contributed by atoms with Crippen molar-refractivity contribution in [2.75, 3.05) is 0 Å². The molecule has 0 saturated heterocycles. The second kappa shape index (κ2) is 6.20. The Hall–Kier alpha value is -1.35. The fourth-order valence-electron chi connectivity index (χ4n) is 3.27. The van der Waals surface area contributed by atoms with Gasteiger partial charge < -0.3 is 5.11 Å². The molecule has 3 nitrogen and oxygen atoms in total. The lowest BCUT2D eigenvalue weighted by molar-refractivity contribution is -0.140. The Kier molecular flexibility index (Phi) is 4.59. The van der Waals surface area contributed by atoms with Crippen LogP contribution in [-0.2, 0) is 4.79 Å². The zero-order valence-corrected chi connectivity index (χ0v) is 11.7. The molecule has 0 amide bonds. The van der Waals surface area contributed by atoms with Gasteiger partial charge in [-0.3, -0.25) is 10.1 Å². The van der Waals surface area contributed by atoms with Crippen molar-refractivity contribution in [3.63, 3.8) is 0 Å². The summed E-state index contributed by atoms with van der Waals surface area (Å²) in [6, 6.07) is 9.15. The minimum absolute atomic E-state index is 0.306. The highest BCUT2D eigenvalue weighted by Gasteiger charge is 2.28. The molecule has 3 unspecified atom stereocenters. The number of carbonyl (C=O) groups is 1. The molecule has 1 fully saturated rings. The van der Waals surface area contributed by atoms with Gasteiger partial charge >= 0.3 is 5.97 Å². The maximum atomic E-state index is 11.5. The summed E-state index contributed by atoms with van der Waals surface area (Å²) in [4.78, 5) is 11.5. The number of rotatable bonds is 4. The number of benzene rings is 1. The second-order valence-electron chi connectivity index (χ2n) is 5.96. The van der Waals surface area contributed by atoms with Crippen LogP contribution in [0.4, 0.5) is 0 Å². The molecule has 1 aromatic rings. The SMILES string of the molecule is CC1CC(C)CC(NC(C(=O)O)c2ccccc2)C1. The van der Waals surface area contributed by atoms with Crippen LogP contribution < -0.4 is 5.32 Å². The van der Waals surface area contributed by atoms with Gasteiger partial charge in [0.2, 0.25) is 0 Å². The number of carboxylic acids is 1. The van der Waals surface area contributed by atoms with E-state index in [2.05, 4.69) is 19.2 Å². The van der Waals surface area contributed by atoms with Crippen molar-refractivity contribution in [3.8, 4) is 0 Å². The molecule has 3 heteroatoms. The molecule has 1 saturated carbocycles. The summed E-state index contributed by atoms with van der Waals surface area (Å²) in [5.74, 6) is 0.551. The summed E-state index contributed by atoms with van der Waals surface area (Å²) in [5.41, 5.74) is 0.834. The first-order chi connectivity index (χ1) is 9.06. The van der Waals surface area contributed by atoms with Crippen molar-refractivity contribution < 1.29 is 9.90 Å². The monoisotopic (exact) mass is 261 g/mol. The van der Waals surface area contributed by atoms with E-state index in [0.717, 1.165) is 18.4 Å². The predicted octanol–water partition coefficient (Wildman–Crippen LogP) is 3.23. The summed E-state index contributed by atoms with van der Waals surface area (Å²) in [6.07, 6.45) is 3.39. The Morgan fingerprint density at radius 3 is 2.26 bits per heavy atom. The van der Waals surface area contributed by atoms with Crippen LogP contribution in [0.2, 0.25) is 0 Å². The summed E-state index contributed by atoms with van der Waals surface area (Å²) in [5, 5.41) is 12.8. The molecule has 2 rings (SSSR count). The van der Waals surface area contributed by atoms with E-state index < -0.39 is 12.0 Å². The number of carboxylic acid groups (broad SMARTS) is 1. The smallest absolute Gasteiger partial charge is 0.325 e. The maximum Gasteiger partial charge on any atom is 0.325 e. The number of hydrogen-bond acceptors (Lipinski definition) is 2. The lowest BCUT2D eigenvalue weighted by Gasteiger charge is -2.33. The first-order valence-corrected chi connectivity index (χ1v) is 7.10. The standard InChI is InChI=1S/C16H23NO2/c1-11-8-12(2)10-14(9-11)17-15(16(18)19)13-6-4-3-5-7-13/h3-7,11-12,14-15,17H,8-10H2,1-2H3,(H,18,19). The number of hydrogen-bond donors (Lipinski definition) is 2. The van der Waals surface area contributed by atoms with Crippen molar-refractivity contribution >= 4 is 5.97 Å². The fraction of sp³-hybridized carbons (Fsp3) is 0.562. The van der Waals surface area contributed by atoms with E-state index in [0.29, 0.717) is 17.9 Å². The zero-order valence-electron chi connectivity index (χ0n) is 11.7. The molecule has 104 valence electrons. The Morgan fingerprint density at radius 1 is 1.16 bits per heavy atom. The minimum atomic E-state index is -0.794. The summed E-state index contributed by atoms with van der Waals surface area (Å²) in [6.45, 7) is 4.51. The van der Waals surface area contributed by atoms with E-state index >= 15 is 0 Å². The molecule has 0 aromatic heterocycles. The molecule has 0 heterocycles. The van der Waals surface area contributed by atoms with E-state index in [4.69, 9.17) is 0 Å². The van der Waals surface area contributed by atoms with Crippen molar-refractivity contribution in [1.29, 1.82) is 0 Å². The van der Waals surface area contributed by atoms with Crippen molar-refractivity contribution in [1.82, 2.24) is 5.32 Å².